The highest BCUT2D eigenvalue weighted by Crippen LogP contribution is 2.36. The average molecular weight is 487 g/mol. The van der Waals surface area contributed by atoms with Crippen LogP contribution in [0.4, 0.5) is 5.13 Å². The minimum atomic E-state index is -0.0259. The first-order valence-corrected chi connectivity index (χ1v) is 12.8. The molecular formula is C28H30N4O2S. The molecule has 5 rings (SSSR count). The summed E-state index contributed by atoms with van der Waals surface area (Å²) in [5, 5.41) is 4.12. The summed E-state index contributed by atoms with van der Waals surface area (Å²) in [7, 11) is 1.69. The molecule has 1 fully saturated rings. The molecule has 0 atom stereocenters. The highest BCUT2D eigenvalue weighted by atomic mass is 32.1. The van der Waals surface area contributed by atoms with Gasteiger partial charge in [0.2, 0.25) is 0 Å². The van der Waals surface area contributed by atoms with E-state index < -0.39 is 0 Å². The molecule has 1 saturated heterocycles. The predicted molar refractivity (Wildman–Crippen MR) is 144 cm³/mol. The Morgan fingerprint density at radius 2 is 1.69 bits per heavy atom. The topological polar surface area (TPSA) is 57.7 Å². The number of aryl methyl sites for hydroxylation is 1. The number of hydrogen-bond donors (Lipinski definition) is 1. The molecular weight excluding hydrogens is 456 g/mol. The number of carbonyl (C=O) groups is 1. The lowest BCUT2D eigenvalue weighted by molar-refractivity contribution is 0.0948. The predicted octanol–water partition coefficient (Wildman–Crippen LogP) is 4.83. The molecule has 1 amide bonds. The van der Waals surface area contributed by atoms with E-state index >= 15 is 0 Å². The number of methoxy groups -OCH3 is 1. The van der Waals surface area contributed by atoms with Gasteiger partial charge in [0.1, 0.15) is 11.3 Å². The third-order valence-corrected chi connectivity index (χ3v) is 7.77. The number of benzene rings is 3. The first kappa shape index (κ1) is 23.3. The van der Waals surface area contributed by atoms with Crippen LogP contribution in [0.25, 0.3) is 21.3 Å². The maximum Gasteiger partial charge on any atom is 0.251 e. The molecule has 1 aromatic heterocycles. The van der Waals surface area contributed by atoms with Gasteiger partial charge >= 0.3 is 0 Å². The average Bonchev–Trinajstić information content (AvgIpc) is 3.36. The SMILES string of the molecule is COc1ccc(C)c2sc(N3CCN(CCNC(=O)c4ccc(-c5ccccc5)cc4)CC3)nc12. The van der Waals surface area contributed by atoms with Gasteiger partial charge in [-0.05, 0) is 41.8 Å². The number of hydrogen-bond acceptors (Lipinski definition) is 6. The van der Waals surface area contributed by atoms with Crippen LogP contribution in [0, 0.1) is 6.92 Å². The number of piperazine rings is 1. The zero-order valence-corrected chi connectivity index (χ0v) is 21.0. The van der Waals surface area contributed by atoms with Crippen LogP contribution >= 0.6 is 11.3 Å². The lowest BCUT2D eigenvalue weighted by Crippen LogP contribution is -2.48. The molecule has 7 heteroatoms. The minimum absolute atomic E-state index is 0.0259. The summed E-state index contributed by atoms with van der Waals surface area (Å²) >= 11 is 1.74. The van der Waals surface area contributed by atoms with Crippen molar-refractivity contribution >= 4 is 32.6 Å². The normalized spacial score (nSPS) is 14.3. The van der Waals surface area contributed by atoms with Crippen molar-refractivity contribution in [2.75, 3.05) is 51.3 Å². The Bertz CT molecular complexity index is 1300. The molecule has 35 heavy (non-hydrogen) atoms. The van der Waals surface area contributed by atoms with E-state index in [-0.39, 0.29) is 5.91 Å². The number of ether oxygens (including phenoxy) is 1. The van der Waals surface area contributed by atoms with Gasteiger partial charge in [-0.1, -0.05) is 59.9 Å². The Balaban J connectivity index is 1.10. The van der Waals surface area contributed by atoms with E-state index in [2.05, 4.69) is 40.2 Å². The third-order valence-electron chi connectivity index (χ3n) is 6.52. The molecule has 1 aliphatic heterocycles. The van der Waals surface area contributed by atoms with Gasteiger partial charge in [0.25, 0.3) is 5.91 Å². The number of nitrogens with one attached hydrogen (secondary N) is 1. The van der Waals surface area contributed by atoms with E-state index in [1.807, 2.05) is 48.5 Å². The van der Waals surface area contributed by atoms with Crippen molar-refractivity contribution < 1.29 is 9.53 Å². The van der Waals surface area contributed by atoms with Crippen molar-refractivity contribution in [1.82, 2.24) is 15.2 Å². The van der Waals surface area contributed by atoms with E-state index in [1.54, 1.807) is 18.4 Å². The summed E-state index contributed by atoms with van der Waals surface area (Å²) in [5.41, 5.74) is 5.14. The first-order valence-electron chi connectivity index (χ1n) is 12.0. The van der Waals surface area contributed by atoms with Crippen molar-refractivity contribution in [3.63, 3.8) is 0 Å². The van der Waals surface area contributed by atoms with E-state index in [4.69, 9.17) is 9.72 Å². The van der Waals surface area contributed by atoms with Crippen LogP contribution < -0.4 is 15.0 Å². The van der Waals surface area contributed by atoms with Crippen LogP contribution in [0.2, 0.25) is 0 Å². The quantitative estimate of drug-likeness (QED) is 0.405. The van der Waals surface area contributed by atoms with Crippen LogP contribution in [0.3, 0.4) is 0 Å². The van der Waals surface area contributed by atoms with E-state index in [1.165, 1.54) is 10.3 Å². The van der Waals surface area contributed by atoms with Crippen molar-refractivity contribution in [3.8, 4) is 16.9 Å². The molecule has 0 saturated carbocycles. The van der Waals surface area contributed by atoms with Crippen LogP contribution in [0.1, 0.15) is 15.9 Å². The van der Waals surface area contributed by atoms with Crippen LogP contribution in [0.5, 0.6) is 5.75 Å². The summed E-state index contributed by atoms with van der Waals surface area (Å²) in [6, 6.07) is 22.1. The number of aromatic nitrogens is 1. The molecule has 0 unspecified atom stereocenters. The molecule has 0 radical (unpaired) electrons. The number of fused-ring (bicyclic) bond motifs is 1. The number of nitrogens with zero attached hydrogens (tertiary/aromatic N) is 3. The molecule has 180 valence electrons. The number of amides is 1. The van der Waals surface area contributed by atoms with E-state index in [9.17, 15) is 4.79 Å². The molecule has 6 nitrogen and oxygen atoms in total. The molecule has 1 aliphatic rings. The minimum Gasteiger partial charge on any atom is -0.494 e. The Labute approximate surface area is 210 Å². The fraction of sp³-hybridized carbons (Fsp3) is 0.286. The number of carbonyl (C=O) groups excluding carboxylic acids is 1. The molecule has 2 heterocycles. The highest BCUT2D eigenvalue weighted by molar-refractivity contribution is 7.22. The third kappa shape index (κ3) is 5.16. The molecule has 3 aromatic carbocycles. The monoisotopic (exact) mass is 486 g/mol. The lowest BCUT2D eigenvalue weighted by atomic mass is 10.0. The summed E-state index contributed by atoms with van der Waals surface area (Å²) in [5.74, 6) is 0.805. The zero-order valence-electron chi connectivity index (χ0n) is 20.2. The standard InChI is InChI=1S/C28H30N4O2S/c1-20-8-13-24(34-2)25-26(20)35-28(30-25)32-18-16-31(17-19-32)15-14-29-27(33)23-11-9-22(10-12-23)21-6-4-3-5-7-21/h3-13H,14-19H2,1-2H3,(H,29,33). The molecule has 0 aliphatic carbocycles. The lowest BCUT2D eigenvalue weighted by Gasteiger charge is -2.34. The second-order valence-corrected chi connectivity index (χ2v) is 9.76. The van der Waals surface area contributed by atoms with Gasteiger partial charge < -0.3 is 15.0 Å². The second kappa shape index (κ2) is 10.5. The van der Waals surface area contributed by atoms with Crippen LogP contribution in [-0.2, 0) is 0 Å². The molecule has 1 N–H and O–H groups in total. The second-order valence-electron chi connectivity index (χ2n) is 8.79. The van der Waals surface area contributed by atoms with Crippen LogP contribution in [-0.4, -0.2) is 62.2 Å². The summed E-state index contributed by atoms with van der Waals surface area (Å²) in [6.07, 6.45) is 0. The van der Waals surface area contributed by atoms with Gasteiger partial charge in [-0.3, -0.25) is 9.69 Å². The van der Waals surface area contributed by atoms with Crippen molar-refractivity contribution in [2.45, 2.75) is 6.92 Å². The largest absolute Gasteiger partial charge is 0.494 e. The molecule has 0 spiro atoms. The van der Waals surface area contributed by atoms with Crippen molar-refractivity contribution in [3.05, 3.63) is 77.9 Å². The first-order chi connectivity index (χ1) is 17.1. The Kier molecular flexibility index (Phi) is 6.97. The van der Waals surface area contributed by atoms with Gasteiger partial charge in [-0.2, -0.15) is 0 Å². The Hall–Kier alpha value is -3.42. The van der Waals surface area contributed by atoms with Crippen molar-refractivity contribution in [1.29, 1.82) is 0 Å². The summed E-state index contributed by atoms with van der Waals surface area (Å²) in [4.78, 5) is 22.2. The van der Waals surface area contributed by atoms with E-state index in [0.717, 1.165) is 60.2 Å². The smallest absolute Gasteiger partial charge is 0.251 e. The Morgan fingerprint density at radius 1 is 0.971 bits per heavy atom. The van der Waals surface area contributed by atoms with Gasteiger partial charge in [-0.25, -0.2) is 4.98 Å². The van der Waals surface area contributed by atoms with E-state index in [0.29, 0.717) is 12.1 Å². The number of thiazole rings is 1. The van der Waals surface area contributed by atoms with Gasteiger partial charge in [0.15, 0.2) is 5.13 Å². The van der Waals surface area contributed by atoms with Gasteiger partial charge in [0.05, 0.1) is 11.8 Å². The number of anilines is 1. The van der Waals surface area contributed by atoms with Crippen LogP contribution in [0.15, 0.2) is 66.7 Å². The molecule has 4 aromatic rings. The maximum atomic E-state index is 12.6. The molecule has 0 bridgehead atoms. The number of rotatable bonds is 7. The summed E-state index contributed by atoms with van der Waals surface area (Å²) in [6.45, 7) is 7.35. The fourth-order valence-corrected chi connectivity index (χ4v) is 5.54. The van der Waals surface area contributed by atoms with Crippen molar-refractivity contribution in [2.24, 2.45) is 0 Å². The maximum absolute atomic E-state index is 12.6. The van der Waals surface area contributed by atoms with Gasteiger partial charge in [0, 0.05) is 44.8 Å². The van der Waals surface area contributed by atoms with Gasteiger partial charge in [-0.15, -0.1) is 0 Å². The zero-order chi connectivity index (χ0) is 24.2. The Morgan fingerprint density at radius 3 is 2.40 bits per heavy atom. The highest BCUT2D eigenvalue weighted by Gasteiger charge is 2.21. The fourth-order valence-electron chi connectivity index (χ4n) is 4.44. The summed E-state index contributed by atoms with van der Waals surface area (Å²) < 4.78 is 6.70.